The van der Waals surface area contributed by atoms with Gasteiger partial charge in [-0.15, -0.1) is 11.8 Å². The van der Waals surface area contributed by atoms with Crippen LogP contribution in [0.4, 0.5) is 10.5 Å². The summed E-state index contributed by atoms with van der Waals surface area (Å²) in [6.45, 7) is -0.656. The van der Waals surface area contributed by atoms with E-state index in [9.17, 15) is 19.2 Å². The average Bonchev–Trinajstić information content (AvgIpc) is 2.70. The van der Waals surface area contributed by atoms with Crippen LogP contribution in [0.5, 0.6) is 5.75 Å². The molecule has 152 valence electrons. The molecule has 10 heteroatoms. The third-order valence-electron chi connectivity index (χ3n) is 3.42. The molecule has 4 N–H and O–H groups in total. The van der Waals surface area contributed by atoms with Gasteiger partial charge in [0.1, 0.15) is 5.75 Å². The fourth-order valence-electron chi connectivity index (χ4n) is 2.18. The molecular formula is C19H19N3O6S. The number of benzene rings is 2. The molecular weight excluding hydrogens is 398 g/mol. The van der Waals surface area contributed by atoms with Crippen LogP contribution in [0.1, 0.15) is 10.4 Å². The fraction of sp³-hybridized carbons (Fsp3) is 0.158. The van der Waals surface area contributed by atoms with Crippen LogP contribution in [0, 0.1) is 0 Å². The summed E-state index contributed by atoms with van der Waals surface area (Å²) < 4.78 is 9.98. The molecule has 0 saturated carbocycles. The van der Waals surface area contributed by atoms with E-state index in [1.807, 2.05) is 0 Å². The Hall–Kier alpha value is -3.53. The number of hydrogen-bond donors (Lipinski definition) is 3. The van der Waals surface area contributed by atoms with Gasteiger partial charge in [-0.1, -0.05) is 18.2 Å². The maximum Gasteiger partial charge on any atom is 0.339 e. The van der Waals surface area contributed by atoms with Gasteiger partial charge in [0.05, 0.1) is 18.4 Å². The Morgan fingerprint density at radius 3 is 2.52 bits per heavy atom. The largest absolute Gasteiger partial charge is 0.497 e. The van der Waals surface area contributed by atoms with Gasteiger partial charge in [0, 0.05) is 16.6 Å². The van der Waals surface area contributed by atoms with E-state index in [0.717, 1.165) is 11.8 Å². The summed E-state index contributed by atoms with van der Waals surface area (Å²) in [7, 11) is 1.53. The summed E-state index contributed by atoms with van der Waals surface area (Å²) in [5.41, 5.74) is 5.59. The maximum absolute atomic E-state index is 12.2. The van der Waals surface area contributed by atoms with Crippen molar-refractivity contribution in [2.75, 3.05) is 24.8 Å². The molecule has 29 heavy (non-hydrogen) atoms. The highest BCUT2D eigenvalue weighted by Gasteiger charge is 2.16. The van der Waals surface area contributed by atoms with Gasteiger partial charge in [-0.3, -0.25) is 14.9 Å². The molecule has 0 unspecified atom stereocenters. The summed E-state index contributed by atoms with van der Waals surface area (Å²) in [6.07, 6.45) is 0. The number of imide groups is 1. The first kappa shape index (κ1) is 21.8. The average molecular weight is 417 g/mol. The Kier molecular flexibility index (Phi) is 8.04. The van der Waals surface area contributed by atoms with Gasteiger partial charge in [-0.25, -0.2) is 9.59 Å². The van der Waals surface area contributed by atoms with Crippen molar-refractivity contribution in [2.24, 2.45) is 5.73 Å². The van der Waals surface area contributed by atoms with Crippen LogP contribution in [-0.4, -0.2) is 43.3 Å². The number of rotatable bonds is 8. The highest BCUT2D eigenvalue weighted by atomic mass is 32.2. The molecule has 0 aliphatic heterocycles. The first-order valence-electron chi connectivity index (χ1n) is 8.31. The smallest absolute Gasteiger partial charge is 0.339 e. The molecule has 2 rings (SSSR count). The molecule has 0 aromatic heterocycles. The number of carbonyl (C=O) groups is 4. The minimum Gasteiger partial charge on any atom is -0.497 e. The monoisotopic (exact) mass is 417 g/mol. The van der Waals surface area contributed by atoms with Gasteiger partial charge in [-0.2, -0.15) is 0 Å². The van der Waals surface area contributed by atoms with E-state index in [1.165, 1.54) is 13.2 Å². The van der Waals surface area contributed by atoms with E-state index in [4.69, 9.17) is 15.2 Å². The molecule has 2 aromatic carbocycles. The van der Waals surface area contributed by atoms with E-state index >= 15 is 0 Å². The number of thioether (sulfide) groups is 1. The Bertz CT molecular complexity index is 918. The van der Waals surface area contributed by atoms with Gasteiger partial charge >= 0.3 is 12.0 Å². The van der Waals surface area contributed by atoms with Crippen LogP contribution >= 0.6 is 11.8 Å². The predicted molar refractivity (Wildman–Crippen MR) is 107 cm³/mol. The number of hydrogen-bond acceptors (Lipinski definition) is 7. The van der Waals surface area contributed by atoms with E-state index in [0.29, 0.717) is 16.3 Å². The topological polar surface area (TPSA) is 137 Å². The van der Waals surface area contributed by atoms with Crippen LogP contribution in [0.3, 0.4) is 0 Å². The lowest BCUT2D eigenvalue weighted by molar-refractivity contribution is -0.123. The Morgan fingerprint density at radius 2 is 1.79 bits per heavy atom. The molecule has 0 saturated heterocycles. The third-order valence-corrected chi connectivity index (χ3v) is 4.49. The molecule has 0 heterocycles. The lowest BCUT2D eigenvalue weighted by Gasteiger charge is -2.10. The number of nitrogens with two attached hydrogens (primary N) is 1. The number of methoxy groups -OCH3 is 1. The number of anilines is 1. The summed E-state index contributed by atoms with van der Waals surface area (Å²) in [5.74, 6) is -1.21. The quantitative estimate of drug-likeness (QED) is 0.440. The lowest BCUT2D eigenvalue weighted by atomic mass is 10.2. The van der Waals surface area contributed by atoms with Crippen LogP contribution in [0.15, 0.2) is 53.4 Å². The lowest BCUT2D eigenvalue weighted by Crippen LogP contribution is -2.37. The molecule has 4 amide bonds. The molecule has 0 fully saturated rings. The number of ether oxygens (including phenoxy) is 2. The van der Waals surface area contributed by atoms with Gasteiger partial charge in [0.15, 0.2) is 6.61 Å². The van der Waals surface area contributed by atoms with Crippen molar-refractivity contribution in [1.29, 1.82) is 0 Å². The highest BCUT2D eigenvalue weighted by molar-refractivity contribution is 8.00. The van der Waals surface area contributed by atoms with E-state index in [1.54, 1.807) is 47.8 Å². The molecule has 0 spiro atoms. The number of esters is 1. The van der Waals surface area contributed by atoms with Crippen LogP contribution in [0.25, 0.3) is 0 Å². The molecule has 0 radical (unpaired) electrons. The second-order valence-electron chi connectivity index (χ2n) is 5.55. The molecule has 9 nitrogen and oxygen atoms in total. The van der Waals surface area contributed by atoms with Crippen molar-refractivity contribution in [3.63, 3.8) is 0 Å². The number of nitrogens with one attached hydrogen (secondary N) is 2. The summed E-state index contributed by atoms with van der Waals surface area (Å²) in [6, 6.07) is 12.4. The second kappa shape index (κ2) is 10.7. The minimum atomic E-state index is -1.04. The number of carbonyl (C=O) groups excluding carboxylic acids is 4. The SMILES string of the molecule is COc1cccc(NC(=O)CSc2ccccc2C(=O)OCC(=O)NC(N)=O)c1. The zero-order chi connectivity index (χ0) is 21.2. The Morgan fingerprint density at radius 1 is 1.03 bits per heavy atom. The molecule has 0 atom stereocenters. The first-order valence-corrected chi connectivity index (χ1v) is 9.29. The van der Waals surface area contributed by atoms with E-state index in [-0.39, 0.29) is 17.2 Å². The van der Waals surface area contributed by atoms with Gasteiger partial charge in [-0.05, 0) is 24.3 Å². The van der Waals surface area contributed by atoms with Crippen LogP contribution in [0.2, 0.25) is 0 Å². The highest BCUT2D eigenvalue weighted by Crippen LogP contribution is 2.24. The zero-order valence-corrected chi connectivity index (χ0v) is 16.3. The number of primary amides is 1. The Balaban J connectivity index is 1.94. The normalized spacial score (nSPS) is 9.97. The number of urea groups is 1. The zero-order valence-electron chi connectivity index (χ0n) is 15.5. The summed E-state index contributed by atoms with van der Waals surface area (Å²) in [5, 5.41) is 4.53. The molecule has 0 bridgehead atoms. The molecule has 0 aliphatic carbocycles. The van der Waals surface area contributed by atoms with E-state index in [2.05, 4.69) is 5.32 Å². The van der Waals surface area contributed by atoms with Gasteiger partial charge < -0.3 is 20.5 Å². The fourth-order valence-corrected chi connectivity index (χ4v) is 3.03. The maximum atomic E-state index is 12.2. The third kappa shape index (κ3) is 7.18. The summed E-state index contributed by atoms with van der Waals surface area (Å²) in [4.78, 5) is 46.9. The summed E-state index contributed by atoms with van der Waals surface area (Å²) >= 11 is 1.14. The van der Waals surface area contributed by atoms with Crippen molar-refractivity contribution in [3.8, 4) is 5.75 Å². The number of amides is 4. The van der Waals surface area contributed by atoms with E-state index < -0.39 is 24.5 Å². The molecule has 0 aliphatic rings. The van der Waals surface area contributed by atoms with Gasteiger partial charge in [0.25, 0.3) is 5.91 Å². The van der Waals surface area contributed by atoms with Crippen LogP contribution in [-0.2, 0) is 14.3 Å². The second-order valence-corrected chi connectivity index (χ2v) is 6.57. The Labute approximate surface area is 170 Å². The predicted octanol–water partition coefficient (Wildman–Crippen LogP) is 1.78. The van der Waals surface area contributed by atoms with Gasteiger partial charge in [0.2, 0.25) is 5.91 Å². The first-order chi connectivity index (χ1) is 13.9. The van der Waals surface area contributed by atoms with Crippen molar-refractivity contribution < 1.29 is 28.7 Å². The van der Waals surface area contributed by atoms with Crippen molar-refractivity contribution >= 4 is 41.3 Å². The standard InChI is InChI=1S/C19H19N3O6S/c1-27-13-6-4-5-12(9-13)21-17(24)11-29-15-8-3-2-7-14(15)18(25)28-10-16(23)22-19(20)26/h2-9H,10-11H2,1H3,(H,21,24)(H3,20,22,23,26). The van der Waals surface area contributed by atoms with Crippen molar-refractivity contribution in [1.82, 2.24) is 5.32 Å². The van der Waals surface area contributed by atoms with Crippen molar-refractivity contribution in [2.45, 2.75) is 4.90 Å². The van der Waals surface area contributed by atoms with Crippen molar-refractivity contribution in [3.05, 3.63) is 54.1 Å². The van der Waals surface area contributed by atoms with Crippen LogP contribution < -0.4 is 21.1 Å². The minimum absolute atomic E-state index is 0.0453. The molecule has 2 aromatic rings.